The molecule has 0 radical (unpaired) electrons. The molecule has 1 fully saturated rings. The van der Waals surface area contributed by atoms with Gasteiger partial charge in [0.05, 0.1) is 5.52 Å². The molecule has 0 bridgehead atoms. The lowest BCUT2D eigenvalue weighted by atomic mass is 9.98. The van der Waals surface area contributed by atoms with Crippen LogP contribution in [0.5, 0.6) is 0 Å². The van der Waals surface area contributed by atoms with Crippen LogP contribution in [-0.2, 0) is 0 Å². The van der Waals surface area contributed by atoms with Gasteiger partial charge in [0, 0.05) is 22.9 Å². The summed E-state index contributed by atoms with van der Waals surface area (Å²) in [5.74, 6) is 1.01. The summed E-state index contributed by atoms with van der Waals surface area (Å²) >= 11 is 6.08. The molecule has 0 amide bonds. The average Bonchev–Trinajstić information content (AvgIpc) is 2.94. The number of H-pyrrole nitrogens is 1. The van der Waals surface area contributed by atoms with Gasteiger partial charge in [-0.25, -0.2) is 9.78 Å². The second kappa shape index (κ2) is 5.07. The van der Waals surface area contributed by atoms with Crippen molar-refractivity contribution >= 4 is 28.2 Å². The van der Waals surface area contributed by atoms with Crippen molar-refractivity contribution in [1.29, 1.82) is 0 Å². The minimum Gasteiger partial charge on any atom is -0.306 e. The smallest absolute Gasteiger partial charge is 0.306 e. The van der Waals surface area contributed by atoms with Gasteiger partial charge in [0.25, 0.3) is 0 Å². The Morgan fingerprint density at radius 1 is 1.41 bits per heavy atom. The van der Waals surface area contributed by atoms with Gasteiger partial charge in [0.2, 0.25) is 0 Å². The summed E-state index contributed by atoms with van der Waals surface area (Å²) in [6, 6.07) is 5.36. The van der Waals surface area contributed by atoms with E-state index in [2.05, 4.69) is 27.0 Å². The standard InChI is InChI=1S/C15H16ClN5O/c1-20-6-2-3-9(8-20)13-18-14-11-7-10(16)4-5-12(11)17-15(22)21(14)19-13/h4-5,7,9H,2-3,6,8H2,1H3,(H,17,22). The molecule has 114 valence electrons. The highest BCUT2D eigenvalue weighted by Gasteiger charge is 2.23. The first kappa shape index (κ1) is 13.7. The first-order chi connectivity index (χ1) is 10.6. The number of rotatable bonds is 1. The van der Waals surface area contributed by atoms with E-state index in [0.717, 1.165) is 42.7 Å². The Hall–Kier alpha value is -1.92. The number of fused-ring (bicyclic) bond motifs is 3. The summed E-state index contributed by atoms with van der Waals surface area (Å²) in [6.45, 7) is 2.02. The summed E-state index contributed by atoms with van der Waals surface area (Å²) in [5.41, 5.74) is 1.03. The molecule has 7 heteroatoms. The molecule has 2 aromatic heterocycles. The van der Waals surface area contributed by atoms with E-state index in [1.165, 1.54) is 4.52 Å². The average molecular weight is 318 g/mol. The van der Waals surface area contributed by atoms with E-state index in [1.54, 1.807) is 12.1 Å². The third kappa shape index (κ3) is 2.19. The highest BCUT2D eigenvalue weighted by Crippen LogP contribution is 2.26. The Morgan fingerprint density at radius 2 is 2.27 bits per heavy atom. The van der Waals surface area contributed by atoms with Gasteiger partial charge in [0.15, 0.2) is 11.5 Å². The van der Waals surface area contributed by atoms with Gasteiger partial charge < -0.3 is 9.88 Å². The van der Waals surface area contributed by atoms with Crippen LogP contribution in [0.1, 0.15) is 24.6 Å². The van der Waals surface area contributed by atoms with Crippen LogP contribution in [0.3, 0.4) is 0 Å². The minimum absolute atomic E-state index is 0.271. The maximum atomic E-state index is 12.2. The van der Waals surface area contributed by atoms with Crippen LogP contribution < -0.4 is 5.69 Å². The number of aromatic amines is 1. The number of aromatic nitrogens is 4. The van der Waals surface area contributed by atoms with E-state index < -0.39 is 0 Å². The van der Waals surface area contributed by atoms with Gasteiger partial charge in [-0.1, -0.05) is 11.6 Å². The highest BCUT2D eigenvalue weighted by molar-refractivity contribution is 6.31. The van der Waals surface area contributed by atoms with Crippen LogP contribution in [-0.4, -0.2) is 44.6 Å². The van der Waals surface area contributed by atoms with Crippen molar-refractivity contribution in [3.63, 3.8) is 0 Å². The molecule has 1 unspecified atom stereocenters. The number of hydrogen-bond acceptors (Lipinski definition) is 4. The molecule has 1 aromatic carbocycles. The fourth-order valence-corrected chi connectivity index (χ4v) is 3.34. The van der Waals surface area contributed by atoms with Gasteiger partial charge in [-0.15, -0.1) is 5.10 Å². The van der Waals surface area contributed by atoms with Crippen molar-refractivity contribution in [3.8, 4) is 0 Å². The Labute approximate surface area is 131 Å². The normalized spacial score (nSPS) is 20.0. The topological polar surface area (TPSA) is 66.3 Å². The Morgan fingerprint density at radius 3 is 3.09 bits per heavy atom. The van der Waals surface area contributed by atoms with E-state index in [-0.39, 0.29) is 11.6 Å². The number of likely N-dealkylation sites (N-methyl/N-ethyl adjacent to an activating group) is 1. The molecule has 1 aliphatic heterocycles. The van der Waals surface area contributed by atoms with E-state index in [9.17, 15) is 4.79 Å². The number of hydrogen-bond donors (Lipinski definition) is 1. The highest BCUT2D eigenvalue weighted by atomic mass is 35.5. The summed E-state index contributed by atoms with van der Waals surface area (Å²) in [5, 5.41) is 5.87. The minimum atomic E-state index is -0.271. The second-order valence-electron chi connectivity index (χ2n) is 5.93. The maximum Gasteiger partial charge on any atom is 0.348 e. The van der Waals surface area contributed by atoms with E-state index in [0.29, 0.717) is 10.7 Å². The predicted molar refractivity (Wildman–Crippen MR) is 85.6 cm³/mol. The zero-order chi connectivity index (χ0) is 15.3. The number of halogens is 1. The zero-order valence-corrected chi connectivity index (χ0v) is 13.0. The van der Waals surface area contributed by atoms with Gasteiger partial charge in [-0.2, -0.15) is 4.52 Å². The molecule has 22 heavy (non-hydrogen) atoms. The monoisotopic (exact) mass is 317 g/mol. The first-order valence-corrected chi connectivity index (χ1v) is 7.76. The van der Waals surface area contributed by atoms with Crippen molar-refractivity contribution in [2.24, 2.45) is 0 Å². The summed E-state index contributed by atoms with van der Waals surface area (Å²) in [6.07, 6.45) is 2.18. The third-order valence-electron chi connectivity index (χ3n) is 4.27. The Balaban J connectivity index is 1.92. The lowest BCUT2D eigenvalue weighted by molar-refractivity contribution is 0.246. The number of benzene rings is 1. The third-order valence-corrected chi connectivity index (χ3v) is 4.50. The molecule has 3 heterocycles. The van der Waals surface area contributed by atoms with E-state index in [4.69, 9.17) is 11.6 Å². The molecule has 1 N–H and O–H groups in total. The second-order valence-corrected chi connectivity index (χ2v) is 6.36. The lowest BCUT2D eigenvalue weighted by Crippen LogP contribution is -2.31. The molecular formula is C15H16ClN5O. The number of likely N-dealkylation sites (tertiary alicyclic amines) is 1. The number of piperidine rings is 1. The van der Waals surface area contributed by atoms with Gasteiger partial charge in [-0.3, -0.25) is 0 Å². The first-order valence-electron chi connectivity index (χ1n) is 7.38. The maximum absolute atomic E-state index is 12.2. The van der Waals surface area contributed by atoms with Gasteiger partial charge in [-0.05, 0) is 44.6 Å². The molecule has 4 rings (SSSR count). The number of nitrogens with zero attached hydrogens (tertiary/aromatic N) is 4. The largest absolute Gasteiger partial charge is 0.348 e. The van der Waals surface area contributed by atoms with Crippen molar-refractivity contribution in [2.75, 3.05) is 20.1 Å². The Kier molecular flexibility index (Phi) is 3.16. The SMILES string of the molecule is CN1CCCC(c2nc3c4cc(Cl)ccc4[nH]c(=O)n3n2)C1. The molecule has 0 aliphatic carbocycles. The molecule has 1 aliphatic rings. The molecule has 1 saturated heterocycles. The number of nitrogens with one attached hydrogen (secondary N) is 1. The Bertz CT molecular complexity index is 915. The summed E-state index contributed by atoms with van der Waals surface area (Å²) in [4.78, 5) is 21.9. The van der Waals surface area contributed by atoms with Crippen LogP contribution >= 0.6 is 11.6 Å². The molecule has 1 atom stereocenters. The van der Waals surface area contributed by atoms with Crippen LogP contribution in [0.2, 0.25) is 5.02 Å². The van der Waals surface area contributed by atoms with Crippen molar-refractivity contribution in [1.82, 2.24) is 24.5 Å². The van der Waals surface area contributed by atoms with Crippen LogP contribution in [0, 0.1) is 0 Å². The van der Waals surface area contributed by atoms with Crippen LogP contribution in [0.25, 0.3) is 16.6 Å². The fourth-order valence-electron chi connectivity index (χ4n) is 3.17. The summed E-state index contributed by atoms with van der Waals surface area (Å²) < 4.78 is 1.35. The van der Waals surface area contributed by atoms with Gasteiger partial charge >= 0.3 is 5.69 Å². The van der Waals surface area contributed by atoms with E-state index in [1.807, 2.05) is 6.07 Å². The predicted octanol–water partition coefficient (Wildman–Crippen LogP) is 2.03. The van der Waals surface area contributed by atoms with Crippen molar-refractivity contribution < 1.29 is 0 Å². The fraction of sp³-hybridized carbons (Fsp3) is 0.400. The molecular weight excluding hydrogens is 302 g/mol. The molecule has 0 spiro atoms. The van der Waals surface area contributed by atoms with E-state index >= 15 is 0 Å². The zero-order valence-electron chi connectivity index (χ0n) is 12.2. The molecule has 0 saturated carbocycles. The van der Waals surface area contributed by atoms with Gasteiger partial charge in [0.1, 0.15) is 0 Å². The molecule has 3 aromatic rings. The van der Waals surface area contributed by atoms with Crippen LogP contribution in [0.4, 0.5) is 0 Å². The quantitative estimate of drug-likeness (QED) is 0.746. The van der Waals surface area contributed by atoms with Crippen molar-refractivity contribution in [2.45, 2.75) is 18.8 Å². The molecule has 6 nitrogen and oxygen atoms in total. The summed E-state index contributed by atoms with van der Waals surface area (Å²) in [7, 11) is 2.10. The van der Waals surface area contributed by atoms with Crippen molar-refractivity contribution in [3.05, 3.63) is 39.5 Å². The lowest BCUT2D eigenvalue weighted by Gasteiger charge is -2.27. The van der Waals surface area contributed by atoms with Crippen LogP contribution in [0.15, 0.2) is 23.0 Å².